The molecule has 1 aromatic heterocycles. The summed E-state index contributed by atoms with van der Waals surface area (Å²) in [7, 11) is 0. The molecular formula is C37H39F3N6O3. The minimum absolute atomic E-state index is 0.149. The van der Waals surface area contributed by atoms with Crippen molar-refractivity contribution in [2.24, 2.45) is 0 Å². The highest BCUT2D eigenvalue weighted by Gasteiger charge is 2.44. The number of aliphatic hydroxyl groups is 1. The number of halogens is 3. The number of nitrogens with one attached hydrogen (secondary N) is 2. The maximum absolute atomic E-state index is 13.6. The van der Waals surface area contributed by atoms with Gasteiger partial charge in [-0.25, -0.2) is 4.68 Å². The summed E-state index contributed by atoms with van der Waals surface area (Å²) in [6, 6.07) is 20.2. The smallest absolute Gasteiger partial charge is 0.371 e. The highest BCUT2D eigenvalue weighted by molar-refractivity contribution is 5.95. The van der Waals surface area contributed by atoms with Crippen LogP contribution >= 0.6 is 0 Å². The first-order valence-electron chi connectivity index (χ1n) is 16.4. The van der Waals surface area contributed by atoms with Gasteiger partial charge in [-0.3, -0.25) is 14.5 Å². The topological polar surface area (TPSA) is 103 Å². The number of hydrogen-bond acceptors (Lipinski definition) is 6. The lowest BCUT2D eigenvalue weighted by atomic mass is 9.81. The van der Waals surface area contributed by atoms with Gasteiger partial charge >= 0.3 is 6.18 Å². The Morgan fingerprint density at radius 1 is 1.02 bits per heavy atom. The van der Waals surface area contributed by atoms with E-state index in [4.69, 9.17) is 5.10 Å². The second-order valence-corrected chi connectivity index (χ2v) is 12.3. The third-order valence-corrected chi connectivity index (χ3v) is 9.22. The lowest BCUT2D eigenvalue weighted by Gasteiger charge is -2.44. The number of fused-ring (bicyclic) bond motifs is 1. The number of anilines is 1. The molecule has 6 rings (SSSR count). The molecule has 3 N–H and O–H groups in total. The molecule has 3 heterocycles. The van der Waals surface area contributed by atoms with Crippen LogP contribution in [0.2, 0.25) is 0 Å². The van der Waals surface area contributed by atoms with Crippen molar-refractivity contribution in [1.29, 1.82) is 0 Å². The van der Waals surface area contributed by atoms with E-state index in [1.54, 1.807) is 15.8 Å². The minimum atomic E-state index is -4.62. The predicted molar refractivity (Wildman–Crippen MR) is 180 cm³/mol. The molecule has 2 amide bonds. The van der Waals surface area contributed by atoms with Crippen molar-refractivity contribution in [3.8, 4) is 5.69 Å². The lowest BCUT2D eigenvalue weighted by molar-refractivity contribution is -0.137. The largest absolute Gasteiger partial charge is 0.416 e. The van der Waals surface area contributed by atoms with Crippen molar-refractivity contribution >= 4 is 17.6 Å². The van der Waals surface area contributed by atoms with E-state index in [1.165, 1.54) is 12.1 Å². The van der Waals surface area contributed by atoms with Gasteiger partial charge in [0.15, 0.2) is 0 Å². The van der Waals surface area contributed by atoms with E-state index in [0.29, 0.717) is 24.5 Å². The number of likely N-dealkylation sites (N-methyl/N-ethyl adjacent to an activating group) is 1. The highest BCUT2D eigenvalue weighted by atomic mass is 19.4. The third kappa shape index (κ3) is 7.11. The Hall–Kier alpha value is -4.94. The van der Waals surface area contributed by atoms with Crippen LogP contribution in [0.3, 0.4) is 0 Å². The molecule has 0 radical (unpaired) electrons. The zero-order valence-corrected chi connectivity index (χ0v) is 27.3. The van der Waals surface area contributed by atoms with Gasteiger partial charge in [-0.05, 0) is 74.8 Å². The van der Waals surface area contributed by atoms with E-state index < -0.39 is 35.8 Å². The van der Waals surface area contributed by atoms with E-state index in [1.807, 2.05) is 74.5 Å². The Bertz CT molecular complexity index is 1840. The first-order valence-corrected chi connectivity index (χ1v) is 16.4. The van der Waals surface area contributed by atoms with Crippen LogP contribution in [-0.4, -0.2) is 70.1 Å². The number of para-hydroxylation sites is 1. The van der Waals surface area contributed by atoms with Crippen molar-refractivity contribution in [1.82, 2.24) is 25.3 Å². The van der Waals surface area contributed by atoms with Gasteiger partial charge in [0, 0.05) is 42.3 Å². The van der Waals surface area contributed by atoms with Gasteiger partial charge in [-0.2, -0.15) is 18.3 Å². The van der Waals surface area contributed by atoms with Gasteiger partial charge in [-0.1, -0.05) is 54.6 Å². The van der Waals surface area contributed by atoms with Crippen molar-refractivity contribution < 1.29 is 27.9 Å². The van der Waals surface area contributed by atoms with Gasteiger partial charge in [0.1, 0.15) is 12.0 Å². The van der Waals surface area contributed by atoms with Crippen LogP contribution in [0, 0.1) is 0 Å². The van der Waals surface area contributed by atoms with Gasteiger partial charge in [0.2, 0.25) is 5.91 Å². The zero-order valence-electron chi connectivity index (χ0n) is 27.3. The number of likely N-dealkylation sites (tertiary alicyclic amines) is 1. The second kappa shape index (κ2) is 14.3. The van der Waals surface area contributed by atoms with E-state index in [2.05, 4.69) is 15.5 Å². The lowest BCUT2D eigenvalue weighted by Crippen LogP contribution is -2.58. The van der Waals surface area contributed by atoms with Crippen LogP contribution in [0.4, 0.5) is 19.0 Å². The van der Waals surface area contributed by atoms with E-state index in [9.17, 15) is 27.9 Å². The third-order valence-electron chi connectivity index (χ3n) is 9.22. The van der Waals surface area contributed by atoms with E-state index >= 15 is 0 Å². The maximum atomic E-state index is 13.6. The van der Waals surface area contributed by atoms with Crippen LogP contribution in [0.15, 0.2) is 96.7 Å². The molecule has 0 spiro atoms. The SMILES string of the molecule is C/C=C(\CN1CCC1)C(=O)NCc1cccc([C@@H]2c3cnn(-c4ccccc4)c3N(CC)C(O)[C@H]2NC(=O)c2cccc(C(F)(F)F)c2)c1. The van der Waals surface area contributed by atoms with Crippen molar-refractivity contribution in [2.75, 3.05) is 31.1 Å². The minimum Gasteiger partial charge on any atom is -0.371 e. The van der Waals surface area contributed by atoms with Crippen molar-refractivity contribution in [3.63, 3.8) is 0 Å². The average molecular weight is 673 g/mol. The number of aliphatic hydroxyl groups excluding tert-OH is 1. The molecule has 4 aromatic rings. The fourth-order valence-electron chi connectivity index (χ4n) is 6.52. The van der Waals surface area contributed by atoms with Crippen LogP contribution in [0.25, 0.3) is 5.69 Å². The monoisotopic (exact) mass is 672 g/mol. The Labute approximate surface area is 283 Å². The Kier molecular flexibility index (Phi) is 9.89. The Morgan fingerprint density at radius 2 is 1.78 bits per heavy atom. The normalized spacial score (nSPS) is 19.6. The fraction of sp³-hybridized carbons (Fsp3) is 0.324. The molecule has 3 aromatic carbocycles. The maximum Gasteiger partial charge on any atom is 0.416 e. The average Bonchev–Trinajstić information content (AvgIpc) is 3.52. The summed E-state index contributed by atoms with van der Waals surface area (Å²) in [6.07, 6.45) is -1.23. The molecule has 2 aliphatic heterocycles. The molecule has 49 heavy (non-hydrogen) atoms. The van der Waals surface area contributed by atoms with Crippen LogP contribution in [0.1, 0.15) is 58.8 Å². The van der Waals surface area contributed by atoms with Crippen LogP contribution in [-0.2, 0) is 17.5 Å². The number of aromatic nitrogens is 2. The summed E-state index contributed by atoms with van der Waals surface area (Å²) in [5, 5.41) is 22.5. The molecule has 256 valence electrons. The van der Waals surface area contributed by atoms with E-state index in [-0.39, 0.29) is 18.0 Å². The number of alkyl halides is 3. The number of hydrogen-bond donors (Lipinski definition) is 3. The molecule has 0 bridgehead atoms. The van der Waals surface area contributed by atoms with Crippen molar-refractivity contribution in [3.05, 3.63) is 125 Å². The Balaban J connectivity index is 1.36. The molecule has 2 aliphatic rings. The molecule has 0 saturated carbocycles. The second-order valence-electron chi connectivity index (χ2n) is 12.3. The van der Waals surface area contributed by atoms with Crippen LogP contribution < -0.4 is 15.5 Å². The molecule has 9 nitrogen and oxygen atoms in total. The highest BCUT2D eigenvalue weighted by Crippen LogP contribution is 2.43. The standard InChI is InChI=1S/C37H39F3N6O3/c1-3-25(23-44-17-10-18-44)33(47)41-21-24-11-8-12-26(19-24)31-30-22-42-46(29-15-6-5-7-16-29)35(30)45(4-2)36(49)32(31)43-34(48)27-13-9-14-28(20-27)37(38,39)40/h3,5-9,11-16,19-20,22,31-32,36,49H,4,10,17-18,21,23H2,1-2H3,(H,41,47)(H,43,48)/b25-3+/t31-,32+,36?/m1/s1. The molecular weight excluding hydrogens is 633 g/mol. The summed E-state index contributed by atoms with van der Waals surface area (Å²) in [5.41, 5.74) is 2.61. The van der Waals surface area contributed by atoms with E-state index in [0.717, 1.165) is 54.0 Å². The number of allylic oxidation sites excluding steroid dienone is 1. The van der Waals surface area contributed by atoms with Gasteiger partial charge in [0.25, 0.3) is 5.91 Å². The quantitative estimate of drug-likeness (QED) is 0.199. The number of amides is 2. The number of carbonyl (C=O) groups is 2. The first-order chi connectivity index (χ1) is 23.6. The summed E-state index contributed by atoms with van der Waals surface area (Å²) >= 11 is 0. The summed E-state index contributed by atoms with van der Waals surface area (Å²) in [4.78, 5) is 30.6. The number of benzene rings is 3. The molecule has 1 unspecified atom stereocenters. The molecule has 1 saturated heterocycles. The molecule has 0 aliphatic carbocycles. The summed E-state index contributed by atoms with van der Waals surface area (Å²) in [6.45, 7) is 6.87. The predicted octanol–water partition coefficient (Wildman–Crippen LogP) is 5.25. The Morgan fingerprint density at radius 3 is 2.45 bits per heavy atom. The summed E-state index contributed by atoms with van der Waals surface area (Å²) < 4.78 is 42.3. The van der Waals surface area contributed by atoms with Gasteiger partial charge < -0.3 is 20.6 Å². The molecule has 3 atom stereocenters. The van der Waals surface area contributed by atoms with Gasteiger partial charge in [-0.15, -0.1) is 0 Å². The van der Waals surface area contributed by atoms with Gasteiger partial charge in [0.05, 0.1) is 23.5 Å². The molecule has 1 fully saturated rings. The van der Waals surface area contributed by atoms with Crippen molar-refractivity contribution in [2.45, 2.75) is 51.2 Å². The number of nitrogens with zero attached hydrogens (tertiary/aromatic N) is 4. The number of carbonyl (C=O) groups excluding carboxylic acids is 2. The number of rotatable bonds is 10. The first kappa shape index (κ1) is 33.9. The van der Waals surface area contributed by atoms with Crippen LogP contribution in [0.5, 0.6) is 0 Å². The zero-order chi connectivity index (χ0) is 34.7. The fourth-order valence-corrected chi connectivity index (χ4v) is 6.52. The molecule has 12 heteroatoms. The summed E-state index contributed by atoms with van der Waals surface area (Å²) in [5.74, 6) is -0.907.